The molecule has 2 rings (SSSR count). The van der Waals surface area contributed by atoms with Crippen LogP contribution in [0.3, 0.4) is 0 Å². The molecule has 0 saturated carbocycles. The summed E-state index contributed by atoms with van der Waals surface area (Å²) in [4.78, 5) is 4.14. The zero-order chi connectivity index (χ0) is 12.1. The Labute approximate surface area is 114 Å². The summed E-state index contributed by atoms with van der Waals surface area (Å²) in [6, 6.07) is 11.8. The SMILES string of the molecule is COc1nccc(I)c1C#Cc1ccccc1. The third kappa shape index (κ3) is 2.98. The van der Waals surface area contributed by atoms with Gasteiger partial charge in [-0.1, -0.05) is 30.0 Å². The van der Waals surface area contributed by atoms with Crippen LogP contribution in [0, 0.1) is 15.4 Å². The minimum atomic E-state index is 0.570. The van der Waals surface area contributed by atoms with E-state index in [2.05, 4.69) is 39.4 Å². The summed E-state index contributed by atoms with van der Waals surface area (Å²) in [5.74, 6) is 6.78. The summed E-state index contributed by atoms with van der Waals surface area (Å²) >= 11 is 2.23. The van der Waals surface area contributed by atoms with Crippen molar-refractivity contribution in [3.63, 3.8) is 0 Å². The number of pyridine rings is 1. The Balaban J connectivity index is 2.40. The van der Waals surface area contributed by atoms with Gasteiger partial charge >= 0.3 is 0 Å². The van der Waals surface area contributed by atoms with Crippen LogP contribution in [0.2, 0.25) is 0 Å². The smallest absolute Gasteiger partial charge is 0.230 e. The lowest BCUT2D eigenvalue weighted by molar-refractivity contribution is 0.396. The third-order valence-corrected chi connectivity index (χ3v) is 3.06. The molecule has 3 heteroatoms. The van der Waals surface area contributed by atoms with Gasteiger partial charge in [0.05, 0.1) is 7.11 Å². The molecule has 0 unspecified atom stereocenters. The summed E-state index contributed by atoms with van der Waals surface area (Å²) in [5, 5.41) is 0. The second kappa shape index (κ2) is 5.69. The summed E-state index contributed by atoms with van der Waals surface area (Å²) in [5.41, 5.74) is 1.81. The zero-order valence-corrected chi connectivity index (χ0v) is 11.4. The van der Waals surface area contributed by atoms with Gasteiger partial charge in [0.1, 0.15) is 5.56 Å². The van der Waals surface area contributed by atoms with Crippen molar-refractivity contribution in [3.05, 3.63) is 57.3 Å². The highest BCUT2D eigenvalue weighted by Crippen LogP contribution is 2.19. The minimum absolute atomic E-state index is 0.570. The molecule has 2 aromatic rings. The number of hydrogen-bond donors (Lipinski definition) is 0. The first-order valence-electron chi connectivity index (χ1n) is 5.07. The van der Waals surface area contributed by atoms with E-state index >= 15 is 0 Å². The topological polar surface area (TPSA) is 22.1 Å². The van der Waals surface area contributed by atoms with Gasteiger partial charge in [-0.3, -0.25) is 0 Å². The molecular formula is C14H10INO. The van der Waals surface area contributed by atoms with Crippen LogP contribution in [-0.2, 0) is 0 Å². The summed E-state index contributed by atoms with van der Waals surface area (Å²) in [6.45, 7) is 0. The highest BCUT2D eigenvalue weighted by molar-refractivity contribution is 14.1. The molecule has 17 heavy (non-hydrogen) atoms. The monoisotopic (exact) mass is 335 g/mol. The predicted octanol–water partition coefficient (Wildman–Crippen LogP) is 3.09. The fourth-order valence-corrected chi connectivity index (χ4v) is 1.87. The molecule has 0 N–H and O–H groups in total. The van der Waals surface area contributed by atoms with Gasteiger partial charge in [-0.05, 0) is 40.8 Å². The number of ether oxygens (including phenoxy) is 1. The maximum absolute atomic E-state index is 5.20. The van der Waals surface area contributed by atoms with Gasteiger partial charge < -0.3 is 4.74 Å². The summed E-state index contributed by atoms with van der Waals surface area (Å²) < 4.78 is 6.24. The first-order chi connectivity index (χ1) is 8.31. The highest BCUT2D eigenvalue weighted by Gasteiger charge is 2.04. The molecule has 1 heterocycles. The standard InChI is InChI=1S/C14H10INO/c1-17-14-12(13(15)9-10-16-14)8-7-11-5-3-2-4-6-11/h2-6,9-10H,1H3. The zero-order valence-electron chi connectivity index (χ0n) is 9.27. The number of nitrogens with zero attached hydrogens (tertiary/aromatic N) is 1. The van der Waals surface area contributed by atoms with E-state index in [0.29, 0.717) is 5.88 Å². The van der Waals surface area contributed by atoms with E-state index < -0.39 is 0 Å². The summed E-state index contributed by atoms with van der Waals surface area (Å²) in [6.07, 6.45) is 1.72. The van der Waals surface area contributed by atoms with Crippen molar-refractivity contribution < 1.29 is 4.74 Å². The number of rotatable bonds is 1. The van der Waals surface area contributed by atoms with Crippen molar-refractivity contribution in [1.29, 1.82) is 0 Å². The predicted molar refractivity (Wildman–Crippen MR) is 75.9 cm³/mol. The number of benzene rings is 1. The molecule has 0 aliphatic rings. The van der Waals surface area contributed by atoms with E-state index in [-0.39, 0.29) is 0 Å². The number of methoxy groups -OCH3 is 1. The van der Waals surface area contributed by atoms with Gasteiger partial charge in [-0.2, -0.15) is 0 Å². The molecule has 0 radical (unpaired) electrons. The molecule has 1 aromatic carbocycles. The number of hydrogen-bond acceptors (Lipinski definition) is 2. The number of halogens is 1. The maximum atomic E-state index is 5.20. The molecule has 0 atom stereocenters. The van der Waals surface area contributed by atoms with Crippen LogP contribution in [0.5, 0.6) is 5.88 Å². The summed E-state index contributed by atoms with van der Waals surface area (Å²) in [7, 11) is 1.60. The van der Waals surface area contributed by atoms with Gasteiger partial charge in [0.2, 0.25) is 5.88 Å². The van der Waals surface area contributed by atoms with Crippen LogP contribution >= 0.6 is 22.6 Å². The van der Waals surface area contributed by atoms with E-state index in [1.54, 1.807) is 13.3 Å². The normalized spacial score (nSPS) is 9.29. The van der Waals surface area contributed by atoms with E-state index in [1.807, 2.05) is 36.4 Å². The van der Waals surface area contributed by atoms with Crippen LogP contribution in [0.15, 0.2) is 42.6 Å². The molecule has 2 nitrogen and oxygen atoms in total. The van der Waals surface area contributed by atoms with E-state index in [0.717, 1.165) is 14.7 Å². The number of aromatic nitrogens is 1. The molecular weight excluding hydrogens is 325 g/mol. The van der Waals surface area contributed by atoms with Crippen molar-refractivity contribution in [2.24, 2.45) is 0 Å². The van der Waals surface area contributed by atoms with Crippen molar-refractivity contribution in [2.45, 2.75) is 0 Å². The maximum Gasteiger partial charge on any atom is 0.230 e. The Kier molecular flexibility index (Phi) is 3.99. The first kappa shape index (κ1) is 11.9. The lowest BCUT2D eigenvalue weighted by atomic mass is 10.2. The van der Waals surface area contributed by atoms with E-state index in [9.17, 15) is 0 Å². The van der Waals surface area contributed by atoms with E-state index in [4.69, 9.17) is 4.74 Å². The lowest BCUT2D eigenvalue weighted by Crippen LogP contribution is -1.93. The Morgan fingerprint density at radius 1 is 1.12 bits per heavy atom. The second-order valence-corrected chi connectivity index (χ2v) is 4.46. The van der Waals surface area contributed by atoms with Gasteiger partial charge in [-0.15, -0.1) is 0 Å². The molecule has 0 fully saturated rings. The Morgan fingerprint density at radius 2 is 1.88 bits per heavy atom. The van der Waals surface area contributed by atoms with Gasteiger partial charge in [-0.25, -0.2) is 4.98 Å². The largest absolute Gasteiger partial charge is 0.480 e. The molecule has 84 valence electrons. The molecule has 0 saturated heterocycles. The quantitative estimate of drug-likeness (QED) is 0.590. The molecule has 0 aliphatic heterocycles. The Bertz CT molecular complexity index is 570. The van der Waals surface area contributed by atoms with Gasteiger partial charge in [0.25, 0.3) is 0 Å². The van der Waals surface area contributed by atoms with Crippen molar-refractivity contribution >= 4 is 22.6 Å². The average molecular weight is 335 g/mol. The van der Waals surface area contributed by atoms with Crippen LogP contribution in [0.1, 0.15) is 11.1 Å². The molecule has 0 amide bonds. The Hall–Kier alpha value is -1.54. The molecule has 1 aromatic heterocycles. The lowest BCUT2D eigenvalue weighted by Gasteiger charge is -2.02. The van der Waals surface area contributed by atoms with Crippen LogP contribution in [0.4, 0.5) is 0 Å². The van der Waals surface area contributed by atoms with Crippen molar-refractivity contribution in [3.8, 4) is 17.7 Å². The Morgan fingerprint density at radius 3 is 2.59 bits per heavy atom. The average Bonchev–Trinajstić information content (AvgIpc) is 2.38. The fourth-order valence-electron chi connectivity index (χ4n) is 1.34. The second-order valence-electron chi connectivity index (χ2n) is 3.29. The third-order valence-electron chi connectivity index (χ3n) is 2.16. The highest BCUT2D eigenvalue weighted by atomic mass is 127. The molecule has 0 spiro atoms. The van der Waals surface area contributed by atoms with Crippen molar-refractivity contribution in [1.82, 2.24) is 4.98 Å². The van der Waals surface area contributed by atoms with E-state index in [1.165, 1.54) is 0 Å². The first-order valence-corrected chi connectivity index (χ1v) is 6.14. The van der Waals surface area contributed by atoms with Crippen LogP contribution < -0.4 is 4.74 Å². The molecule has 0 bridgehead atoms. The van der Waals surface area contributed by atoms with Crippen LogP contribution in [-0.4, -0.2) is 12.1 Å². The van der Waals surface area contributed by atoms with Crippen molar-refractivity contribution in [2.75, 3.05) is 7.11 Å². The van der Waals surface area contributed by atoms with Crippen LogP contribution in [0.25, 0.3) is 0 Å². The minimum Gasteiger partial charge on any atom is -0.480 e. The van der Waals surface area contributed by atoms with Gasteiger partial charge in [0.15, 0.2) is 0 Å². The van der Waals surface area contributed by atoms with Gasteiger partial charge in [0, 0.05) is 15.3 Å². The molecule has 0 aliphatic carbocycles. The fraction of sp³-hybridized carbons (Fsp3) is 0.0714.